The van der Waals surface area contributed by atoms with E-state index in [0.29, 0.717) is 23.5 Å². The lowest BCUT2D eigenvalue weighted by atomic mass is 9.79. The van der Waals surface area contributed by atoms with Crippen molar-refractivity contribution in [3.8, 4) is 17.6 Å². The predicted molar refractivity (Wildman–Crippen MR) is 246 cm³/mol. The SMILES string of the molecule is COc1ccc(C(O[C@]23C[C@H]2C[C@@]2(O[P@](OCCC#N)N(C(C)C)C(C)C)[C@@H]3O[C@@H](n3cnc4c(NC(=O)c5ccccc5)ncnc43)[C@H]2F)(c2ccccc2)c2ccc(OC)cc2)cc1. The van der Waals surface area contributed by atoms with Gasteiger partial charge in [0.2, 0.25) is 0 Å². The number of anilines is 1. The van der Waals surface area contributed by atoms with E-state index in [1.165, 1.54) is 12.7 Å². The van der Waals surface area contributed by atoms with Gasteiger partial charge in [-0.25, -0.2) is 24.0 Å². The number of alkyl halides is 1. The zero-order valence-corrected chi connectivity index (χ0v) is 38.6. The smallest absolute Gasteiger partial charge is 0.260 e. The van der Waals surface area contributed by atoms with Gasteiger partial charge in [0.1, 0.15) is 40.7 Å². The van der Waals surface area contributed by atoms with Crippen molar-refractivity contribution in [2.75, 3.05) is 26.1 Å². The van der Waals surface area contributed by atoms with E-state index in [2.05, 4.69) is 31.0 Å². The highest BCUT2D eigenvalue weighted by atomic mass is 31.2. The molecule has 0 radical (unpaired) electrons. The lowest BCUT2D eigenvalue weighted by Crippen LogP contribution is -2.52. The Morgan fingerprint density at radius 1 is 0.879 bits per heavy atom. The number of aromatic nitrogens is 4. The first-order valence-electron chi connectivity index (χ1n) is 22.1. The molecule has 14 nitrogen and oxygen atoms in total. The molecule has 4 aromatic carbocycles. The Labute approximate surface area is 385 Å². The Morgan fingerprint density at radius 2 is 1.47 bits per heavy atom. The maximum absolute atomic E-state index is 18.6. The van der Waals surface area contributed by atoms with Crippen molar-refractivity contribution in [1.82, 2.24) is 24.2 Å². The molecule has 0 spiro atoms. The molecule has 16 heteroatoms. The molecule has 3 fully saturated rings. The van der Waals surface area contributed by atoms with Gasteiger partial charge < -0.3 is 33.3 Å². The van der Waals surface area contributed by atoms with Crippen LogP contribution in [0.3, 0.4) is 0 Å². The van der Waals surface area contributed by atoms with Gasteiger partial charge in [-0.05, 0) is 99.5 Å². The number of fused-ring (bicyclic) bond motifs is 4. The Bertz CT molecular complexity index is 2630. The van der Waals surface area contributed by atoms with Gasteiger partial charge in [0.15, 0.2) is 29.4 Å². The van der Waals surface area contributed by atoms with Crippen LogP contribution in [0.4, 0.5) is 10.2 Å². The maximum atomic E-state index is 18.6. The first-order chi connectivity index (χ1) is 32.0. The normalized spacial score (nSPS) is 23.7. The summed E-state index contributed by atoms with van der Waals surface area (Å²) in [6.07, 6.45) is -0.394. The molecule has 1 N–H and O–H groups in total. The second-order valence-corrected chi connectivity index (χ2v) is 18.8. The van der Waals surface area contributed by atoms with Crippen molar-refractivity contribution in [3.63, 3.8) is 0 Å². The standard InChI is InChI=1S/C50H53FN7O7P/c1-32(2)58(33(3)4)66(62-27-13-26-52)65-49-29-38-28-48(38,64-50(35-16-11-8-12-17-35,36-18-22-39(60-5)23-19-36)37-20-24-40(61-6)25-21-37)47(49)63-46(42(49)51)57-31-55-41-43(53-30-54-44(41)57)56-45(59)34-14-9-7-10-15-34/h7-12,14-25,30-33,38,42,46-47H,13,27-29H2,1-6H3,(H,53,54,56,59)/t38-,42+,46+,47+,48+,49-,66-/m0/s1. The van der Waals surface area contributed by atoms with Gasteiger partial charge in [-0.1, -0.05) is 72.8 Å². The molecule has 2 aromatic heterocycles. The van der Waals surface area contributed by atoms with Crippen molar-refractivity contribution in [3.05, 3.63) is 144 Å². The highest BCUT2D eigenvalue weighted by Crippen LogP contribution is 2.73. The van der Waals surface area contributed by atoms with E-state index in [4.69, 9.17) is 28.0 Å². The number of imidazole rings is 1. The van der Waals surface area contributed by atoms with E-state index in [9.17, 15) is 10.1 Å². The van der Waals surface area contributed by atoms with Gasteiger partial charge in [0, 0.05) is 17.6 Å². The fraction of sp³-hybridized carbons (Fsp3) is 0.380. The molecule has 66 heavy (non-hydrogen) atoms. The second kappa shape index (κ2) is 18.4. The number of carbonyl (C=O) groups is 1. The summed E-state index contributed by atoms with van der Waals surface area (Å²) < 4.78 is 62.2. The molecule has 3 aliphatic rings. The lowest BCUT2D eigenvalue weighted by Gasteiger charge is -2.44. The third-order valence-electron chi connectivity index (χ3n) is 12.9. The average molecular weight is 914 g/mol. The number of rotatable bonds is 18. The van der Waals surface area contributed by atoms with Crippen molar-refractivity contribution < 1.29 is 37.2 Å². The van der Waals surface area contributed by atoms with Crippen LogP contribution in [0, 0.1) is 17.2 Å². The van der Waals surface area contributed by atoms with Gasteiger partial charge in [0.25, 0.3) is 14.4 Å². The predicted octanol–water partition coefficient (Wildman–Crippen LogP) is 9.53. The molecule has 6 aromatic rings. The minimum atomic E-state index is -1.96. The molecule has 3 heterocycles. The Kier molecular flexibility index (Phi) is 12.7. The average Bonchev–Trinajstić information content (AvgIpc) is 3.55. The number of nitrogens with zero attached hydrogens (tertiary/aromatic N) is 6. The van der Waals surface area contributed by atoms with E-state index in [1.54, 1.807) is 43.1 Å². The third kappa shape index (κ3) is 7.89. The molecule has 9 rings (SSSR count). The number of nitrogens with one attached hydrogen (secondary N) is 1. The molecule has 2 aliphatic carbocycles. The second-order valence-electron chi connectivity index (χ2n) is 17.4. The molecular formula is C50H53FN7O7P. The topological polar surface area (TPSA) is 155 Å². The van der Waals surface area contributed by atoms with Crippen LogP contribution in [0.5, 0.6) is 11.5 Å². The van der Waals surface area contributed by atoms with Crippen LogP contribution in [-0.2, 0) is 24.1 Å². The minimum absolute atomic E-state index is 0.0555. The zero-order chi connectivity index (χ0) is 46.2. The summed E-state index contributed by atoms with van der Waals surface area (Å²) in [6, 6.07) is 36.4. The number of halogens is 1. The van der Waals surface area contributed by atoms with Crippen molar-refractivity contribution >= 4 is 31.4 Å². The summed E-state index contributed by atoms with van der Waals surface area (Å²) in [5.74, 6) is 0.950. The zero-order valence-electron chi connectivity index (χ0n) is 37.7. The van der Waals surface area contributed by atoms with Crippen molar-refractivity contribution in [2.24, 2.45) is 5.92 Å². The number of amides is 1. The summed E-state index contributed by atoms with van der Waals surface area (Å²) >= 11 is 0. The van der Waals surface area contributed by atoms with Crippen LogP contribution in [0.15, 0.2) is 122 Å². The van der Waals surface area contributed by atoms with Crippen LogP contribution in [0.25, 0.3) is 11.2 Å². The highest BCUT2D eigenvalue weighted by molar-refractivity contribution is 7.44. The summed E-state index contributed by atoms with van der Waals surface area (Å²) in [4.78, 5) is 26.8. The maximum Gasteiger partial charge on any atom is 0.260 e. The van der Waals surface area contributed by atoms with E-state index >= 15 is 4.39 Å². The Balaban J connectivity index is 1.19. The van der Waals surface area contributed by atoms with Gasteiger partial charge in [-0.3, -0.25) is 9.36 Å². The van der Waals surface area contributed by atoms with Gasteiger partial charge >= 0.3 is 0 Å². The monoisotopic (exact) mass is 913 g/mol. The van der Waals surface area contributed by atoms with Gasteiger partial charge in [-0.2, -0.15) is 5.26 Å². The molecule has 1 saturated heterocycles. The van der Waals surface area contributed by atoms with Crippen molar-refractivity contribution in [1.29, 1.82) is 5.26 Å². The summed E-state index contributed by atoms with van der Waals surface area (Å²) in [7, 11) is 1.30. The number of nitriles is 1. The molecule has 342 valence electrons. The van der Waals surface area contributed by atoms with E-state index in [0.717, 1.165) is 16.7 Å². The number of carbonyl (C=O) groups excluding carboxylic acids is 1. The Morgan fingerprint density at radius 3 is 2.06 bits per heavy atom. The lowest BCUT2D eigenvalue weighted by molar-refractivity contribution is -0.161. The minimum Gasteiger partial charge on any atom is -0.497 e. The highest BCUT2D eigenvalue weighted by Gasteiger charge is 2.82. The van der Waals surface area contributed by atoms with E-state index < -0.39 is 43.8 Å². The number of methoxy groups -OCH3 is 2. The fourth-order valence-corrected chi connectivity index (χ4v) is 11.7. The quantitative estimate of drug-likeness (QED) is 0.0496. The summed E-state index contributed by atoms with van der Waals surface area (Å²) in [5, 5.41) is 12.4. The van der Waals surface area contributed by atoms with E-state index in [1.807, 2.05) is 113 Å². The number of hydrogen-bond acceptors (Lipinski definition) is 12. The Hall–Kier alpha value is -5.85. The molecule has 7 atom stereocenters. The van der Waals surface area contributed by atoms with Gasteiger partial charge in [-0.15, -0.1) is 0 Å². The van der Waals surface area contributed by atoms with E-state index in [-0.39, 0.29) is 60.3 Å². The molecule has 0 bridgehead atoms. The molecular weight excluding hydrogens is 861 g/mol. The first-order valence-corrected chi connectivity index (χ1v) is 23.3. The van der Waals surface area contributed by atoms with Crippen LogP contribution in [0.2, 0.25) is 0 Å². The first kappa shape index (κ1) is 45.3. The summed E-state index contributed by atoms with van der Waals surface area (Å²) in [6.45, 7) is 8.27. The fourth-order valence-electron chi connectivity index (χ4n) is 9.87. The van der Waals surface area contributed by atoms with Crippen LogP contribution in [0.1, 0.15) is 80.2 Å². The summed E-state index contributed by atoms with van der Waals surface area (Å²) in [5.41, 5.74) is -0.521. The molecule has 1 aliphatic heterocycles. The van der Waals surface area contributed by atoms with Crippen molar-refractivity contribution in [2.45, 2.75) is 94.3 Å². The molecule has 1 amide bonds. The van der Waals surface area contributed by atoms with Crippen LogP contribution < -0.4 is 14.8 Å². The number of ether oxygens (including phenoxy) is 4. The number of benzene rings is 4. The largest absolute Gasteiger partial charge is 0.497 e. The number of hydrogen-bond donors (Lipinski definition) is 1. The van der Waals surface area contributed by atoms with Crippen LogP contribution >= 0.6 is 8.53 Å². The third-order valence-corrected chi connectivity index (χ3v) is 15.1. The van der Waals surface area contributed by atoms with Crippen LogP contribution in [-0.4, -0.2) is 86.5 Å². The molecule has 2 saturated carbocycles. The molecule has 0 unspecified atom stereocenters. The van der Waals surface area contributed by atoms with Gasteiger partial charge in [0.05, 0.1) is 39.6 Å².